The predicted octanol–water partition coefficient (Wildman–Crippen LogP) is 2.50. The predicted molar refractivity (Wildman–Crippen MR) is 67.2 cm³/mol. The van der Waals surface area contributed by atoms with Gasteiger partial charge in [0.1, 0.15) is 0 Å². The summed E-state index contributed by atoms with van der Waals surface area (Å²) in [7, 11) is 0. The van der Waals surface area contributed by atoms with E-state index >= 15 is 0 Å². The van der Waals surface area contributed by atoms with Gasteiger partial charge in [-0.25, -0.2) is 0 Å². The summed E-state index contributed by atoms with van der Waals surface area (Å²) in [5, 5.41) is 3.56. The summed E-state index contributed by atoms with van der Waals surface area (Å²) in [6.07, 6.45) is 4.19. The van der Waals surface area contributed by atoms with Crippen molar-refractivity contribution in [3.63, 3.8) is 0 Å². The highest BCUT2D eigenvalue weighted by Gasteiger charge is 2.27. The number of hydrogen-bond donors (Lipinski definition) is 1. The van der Waals surface area contributed by atoms with Crippen molar-refractivity contribution in [2.45, 2.75) is 52.5 Å². The second-order valence-corrected chi connectivity index (χ2v) is 5.59. The van der Waals surface area contributed by atoms with E-state index in [-0.39, 0.29) is 5.54 Å². The normalized spacial score (nSPS) is 17.4. The van der Waals surface area contributed by atoms with Crippen LogP contribution in [0.4, 0.5) is 0 Å². The lowest BCUT2D eigenvalue weighted by molar-refractivity contribution is 0.195. The van der Waals surface area contributed by atoms with Gasteiger partial charge >= 0.3 is 0 Å². The average Bonchev–Trinajstić information content (AvgIpc) is 2.87. The largest absolute Gasteiger partial charge is 0.311 e. The first-order valence-corrected chi connectivity index (χ1v) is 6.54. The minimum absolute atomic E-state index is 0.263. The number of likely N-dealkylation sites (N-methyl/N-ethyl adjacent to an activating group) is 1. The molecule has 1 fully saturated rings. The third-order valence-electron chi connectivity index (χ3n) is 3.03. The smallest absolute Gasteiger partial charge is 0.0252 e. The summed E-state index contributed by atoms with van der Waals surface area (Å²) in [6.45, 7) is 13.9. The van der Waals surface area contributed by atoms with E-state index in [9.17, 15) is 0 Å². The molecule has 0 unspecified atom stereocenters. The lowest BCUT2D eigenvalue weighted by Gasteiger charge is -2.33. The molecule has 1 rings (SSSR count). The molecule has 0 aromatic heterocycles. The van der Waals surface area contributed by atoms with E-state index in [0.717, 1.165) is 12.5 Å². The van der Waals surface area contributed by atoms with Crippen LogP contribution in [0.25, 0.3) is 0 Å². The van der Waals surface area contributed by atoms with Gasteiger partial charge in [-0.2, -0.15) is 0 Å². The van der Waals surface area contributed by atoms with E-state index < -0.39 is 0 Å². The minimum Gasteiger partial charge on any atom is -0.311 e. The van der Waals surface area contributed by atoms with Crippen molar-refractivity contribution in [3.05, 3.63) is 0 Å². The van der Waals surface area contributed by atoms with Crippen LogP contribution in [-0.4, -0.2) is 36.6 Å². The zero-order chi connectivity index (χ0) is 11.3. The zero-order valence-corrected chi connectivity index (χ0v) is 11.0. The SMILES string of the molecule is CCCN(CC1CC1)CC(C)(C)NCC. The quantitative estimate of drug-likeness (QED) is 0.665. The zero-order valence-electron chi connectivity index (χ0n) is 11.0. The number of rotatable bonds is 8. The molecule has 1 aliphatic carbocycles. The fourth-order valence-electron chi connectivity index (χ4n) is 2.31. The first kappa shape index (κ1) is 13.0. The second kappa shape index (κ2) is 5.86. The average molecular weight is 212 g/mol. The van der Waals surface area contributed by atoms with Crippen molar-refractivity contribution in [2.24, 2.45) is 5.92 Å². The Kier molecular flexibility index (Phi) is 5.07. The van der Waals surface area contributed by atoms with Gasteiger partial charge in [0.25, 0.3) is 0 Å². The first-order chi connectivity index (χ1) is 7.07. The van der Waals surface area contributed by atoms with E-state index in [0.29, 0.717) is 0 Å². The Hall–Kier alpha value is -0.0800. The van der Waals surface area contributed by atoms with Gasteiger partial charge in [0.05, 0.1) is 0 Å². The van der Waals surface area contributed by atoms with Crippen molar-refractivity contribution in [3.8, 4) is 0 Å². The van der Waals surface area contributed by atoms with Gasteiger partial charge in [0.2, 0.25) is 0 Å². The van der Waals surface area contributed by atoms with Crippen molar-refractivity contribution in [2.75, 3.05) is 26.2 Å². The number of nitrogens with zero attached hydrogens (tertiary/aromatic N) is 1. The highest BCUT2D eigenvalue weighted by molar-refractivity contribution is 4.84. The maximum atomic E-state index is 3.56. The molecule has 1 aliphatic rings. The molecule has 15 heavy (non-hydrogen) atoms. The third kappa shape index (κ3) is 5.53. The second-order valence-electron chi connectivity index (χ2n) is 5.59. The molecule has 0 aromatic carbocycles. The maximum Gasteiger partial charge on any atom is 0.0252 e. The molecule has 0 aliphatic heterocycles. The highest BCUT2D eigenvalue weighted by atomic mass is 15.2. The molecule has 0 amide bonds. The van der Waals surface area contributed by atoms with Gasteiger partial charge in [-0.1, -0.05) is 13.8 Å². The van der Waals surface area contributed by atoms with E-state index in [1.807, 2.05) is 0 Å². The molecule has 0 radical (unpaired) electrons. The molecule has 0 aromatic rings. The molecule has 90 valence electrons. The van der Waals surface area contributed by atoms with Gasteiger partial charge in [-0.3, -0.25) is 0 Å². The summed E-state index contributed by atoms with van der Waals surface area (Å²) in [5.41, 5.74) is 0.263. The monoisotopic (exact) mass is 212 g/mol. The van der Waals surface area contributed by atoms with Gasteiger partial charge in [0, 0.05) is 18.6 Å². The molecular weight excluding hydrogens is 184 g/mol. The van der Waals surface area contributed by atoms with Crippen molar-refractivity contribution >= 4 is 0 Å². The van der Waals surface area contributed by atoms with Gasteiger partial charge in [-0.05, 0) is 52.1 Å². The highest BCUT2D eigenvalue weighted by Crippen LogP contribution is 2.30. The summed E-state index contributed by atoms with van der Waals surface area (Å²) in [5.74, 6) is 1.01. The molecule has 1 N–H and O–H groups in total. The van der Waals surface area contributed by atoms with Crippen molar-refractivity contribution in [1.82, 2.24) is 10.2 Å². The molecule has 0 saturated heterocycles. The Morgan fingerprint density at radius 1 is 1.27 bits per heavy atom. The van der Waals surface area contributed by atoms with E-state index in [4.69, 9.17) is 0 Å². The molecule has 0 atom stereocenters. The van der Waals surface area contributed by atoms with Crippen LogP contribution in [0.15, 0.2) is 0 Å². The molecule has 0 heterocycles. The minimum atomic E-state index is 0.263. The summed E-state index contributed by atoms with van der Waals surface area (Å²) in [4.78, 5) is 2.64. The van der Waals surface area contributed by atoms with Crippen LogP contribution in [0, 0.1) is 5.92 Å². The van der Waals surface area contributed by atoms with Gasteiger partial charge in [-0.15, -0.1) is 0 Å². The van der Waals surface area contributed by atoms with Crippen molar-refractivity contribution < 1.29 is 0 Å². The summed E-state index contributed by atoms with van der Waals surface area (Å²) in [6, 6.07) is 0. The van der Waals surface area contributed by atoms with Crippen LogP contribution in [0.1, 0.15) is 47.0 Å². The number of nitrogens with one attached hydrogen (secondary N) is 1. The molecule has 2 heteroatoms. The Morgan fingerprint density at radius 2 is 1.93 bits per heavy atom. The van der Waals surface area contributed by atoms with E-state index in [1.54, 1.807) is 0 Å². The molecule has 0 spiro atoms. The Labute approximate surface area is 95.4 Å². The Balaban J connectivity index is 2.33. The molecule has 2 nitrogen and oxygen atoms in total. The van der Waals surface area contributed by atoms with Crippen molar-refractivity contribution in [1.29, 1.82) is 0 Å². The summed E-state index contributed by atoms with van der Waals surface area (Å²) >= 11 is 0. The maximum absolute atomic E-state index is 3.56. The molecule has 1 saturated carbocycles. The number of hydrogen-bond acceptors (Lipinski definition) is 2. The fraction of sp³-hybridized carbons (Fsp3) is 1.00. The topological polar surface area (TPSA) is 15.3 Å². The van der Waals surface area contributed by atoms with Crippen LogP contribution >= 0.6 is 0 Å². The standard InChI is InChI=1S/C13H28N2/c1-5-9-15(10-12-7-8-12)11-13(3,4)14-6-2/h12,14H,5-11H2,1-4H3. The van der Waals surface area contributed by atoms with Crippen LogP contribution in [0.3, 0.4) is 0 Å². The molecule has 0 bridgehead atoms. The summed E-state index contributed by atoms with van der Waals surface area (Å²) < 4.78 is 0. The van der Waals surface area contributed by atoms with E-state index in [1.165, 1.54) is 38.9 Å². The fourth-order valence-corrected chi connectivity index (χ4v) is 2.31. The Bertz CT molecular complexity index is 173. The van der Waals surface area contributed by atoms with Crippen LogP contribution in [0.2, 0.25) is 0 Å². The lowest BCUT2D eigenvalue weighted by atomic mass is 10.0. The third-order valence-corrected chi connectivity index (χ3v) is 3.03. The lowest BCUT2D eigenvalue weighted by Crippen LogP contribution is -2.49. The van der Waals surface area contributed by atoms with Crippen LogP contribution < -0.4 is 5.32 Å². The van der Waals surface area contributed by atoms with Gasteiger partial charge < -0.3 is 10.2 Å². The first-order valence-electron chi connectivity index (χ1n) is 6.54. The van der Waals surface area contributed by atoms with Crippen LogP contribution in [-0.2, 0) is 0 Å². The van der Waals surface area contributed by atoms with E-state index in [2.05, 4.69) is 37.9 Å². The van der Waals surface area contributed by atoms with Crippen LogP contribution in [0.5, 0.6) is 0 Å². The van der Waals surface area contributed by atoms with Gasteiger partial charge in [0.15, 0.2) is 0 Å². The Morgan fingerprint density at radius 3 is 2.40 bits per heavy atom. The molecular formula is C13H28N2.